The molecule has 1 amide bonds. The van der Waals surface area contributed by atoms with Gasteiger partial charge in [-0.15, -0.1) is 11.3 Å². The maximum absolute atomic E-state index is 12.1. The average Bonchev–Trinajstić information content (AvgIpc) is 2.94. The molecule has 3 nitrogen and oxygen atoms in total. The van der Waals surface area contributed by atoms with Gasteiger partial charge >= 0.3 is 0 Å². The van der Waals surface area contributed by atoms with Crippen LogP contribution < -0.4 is 10.2 Å². The van der Waals surface area contributed by atoms with Gasteiger partial charge in [0.1, 0.15) is 0 Å². The number of nitrogens with one attached hydrogen (secondary N) is 1. The van der Waals surface area contributed by atoms with Crippen molar-refractivity contribution in [1.82, 2.24) is 5.32 Å². The molecule has 4 heteroatoms. The van der Waals surface area contributed by atoms with Crippen LogP contribution in [-0.4, -0.2) is 19.0 Å². The molecular formula is C17H22N2OS. The van der Waals surface area contributed by atoms with E-state index in [2.05, 4.69) is 49.2 Å². The van der Waals surface area contributed by atoms with E-state index in [1.165, 1.54) is 16.0 Å². The molecule has 0 aliphatic heterocycles. The van der Waals surface area contributed by atoms with Crippen LogP contribution in [0.3, 0.4) is 0 Å². The second-order valence-corrected chi connectivity index (χ2v) is 6.25. The van der Waals surface area contributed by atoms with Crippen molar-refractivity contribution in [3.63, 3.8) is 0 Å². The molecule has 1 N–H and O–H groups in total. The van der Waals surface area contributed by atoms with E-state index in [1.807, 2.05) is 17.5 Å². The van der Waals surface area contributed by atoms with Gasteiger partial charge in [-0.2, -0.15) is 0 Å². The third-order valence-electron chi connectivity index (χ3n) is 3.33. The van der Waals surface area contributed by atoms with Gasteiger partial charge < -0.3 is 10.2 Å². The molecule has 21 heavy (non-hydrogen) atoms. The van der Waals surface area contributed by atoms with Crippen molar-refractivity contribution >= 4 is 22.9 Å². The van der Waals surface area contributed by atoms with Crippen LogP contribution in [0, 0.1) is 13.8 Å². The molecule has 112 valence electrons. The highest BCUT2D eigenvalue weighted by Crippen LogP contribution is 2.18. The molecule has 0 atom stereocenters. The van der Waals surface area contributed by atoms with Crippen molar-refractivity contribution < 1.29 is 4.79 Å². The summed E-state index contributed by atoms with van der Waals surface area (Å²) in [5, 5.41) is 5.00. The molecule has 0 aliphatic carbocycles. The quantitative estimate of drug-likeness (QED) is 0.885. The Bertz CT molecular complexity index is 573. The van der Waals surface area contributed by atoms with Gasteiger partial charge in [0, 0.05) is 17.1 Å². The normalized spacial score (nSPS) is 10.4. The first kappa shape index (κ1) is 15.6. The van der Waals surface area contributed by atoms with Crippen LogP contribution in [0.1, 0.15) is 22.9 Å². The van der Waals surface area contributed by atoms with Crippen LogP contribution in [0.5, 0.6) is 0 Å². The van der Waals surface area contributed by atoms with Gasteiger partial charge in [0.2, 0.25) is 5.91 Å². The van der Waals surface area contributed by atoms with Crippen molar-refractivity contribution in [1.29, 1.82) is 0 Å². The van der Waals surface area contributed by atoms with Crippen molar-refractivity contribution in [2.24, 2.45) is 0 Å². The molecule has 0 aliphatic rings. The van der Waals surface area contributed by atoms with Crippen LogP contribution in [0.4, 0.5) is 5.69 Å². The molecule has 0 fully saturated rings. The lowest BCUT2D eigenvalue weighted by Crippen LogP contribution is -2.36. The monoisotopic (exact) mass is 302 g/mol. The fraction of sp³-hybridized carbons (Fsp3) is 0.353. The molecule has 0 saturated heterocycles. The lowest BCUT2D eigenvalue weighted by molar-refractivity contribution is -0.119. The van der Waals surface area contributed by atoms with Crippen molar-refractivity contribution in [3.05, 3.63) is 51.7 Å². The smallest absolute Gasteiger partial charge is 0.239 e. The Kier molecular flexibility index (Phi) is 5.39. The molecule has 2 rings (SSSR count). The minimum Gasteiger partial charge on any atom is -0.362 e. The van der Waals surface area contributed by atoms with E-state index in [1.54, 1.807) is 11.3 Å². The van der Waals surface area contributed by atoms with Gasteiger partial charge in [-0.25, -0.2) is 0 Å². The van der Waals surface area contributed by atoms with E-state index >= 15 is 0 Å². The summed E-state index contributed by atoms with van der Waals surface area (Å²) in [6.07, 6.45) is 0. The van der Waals surface area contributed by atoms with E-state index in [0.29, 0.717) is 13.1 Å². The van der Waals surface area contributed by atoms with E-state index in [4.69, 9.17) is 0 Å². The van der Waals surface area contributed by atoms with E-state index in [9.17, 15) is 4.79 Å². The standard InChI is InChI=1S/C17H22N2OS/c1-4-19(15-9-13(2)8-14(3)10-15)12-17(20)18-11-16-6-5-7-21-16/h5-10H,4,11-12H2,1-3H3,(H,18,20). The topological polar surface area (TPSA) is 32.3 Å². The summed E-state index contributed by atoms with van der Waals surface area (Å²) in [7, 11) is 0. The fourth-order valence-electron chi connectivity index (χ4n) is 2.35. The van der Waals surface area contributed by atoms with Gasteiger partial charge in [0.05, 0.1) is 13.1 Å². The summed E-state index contributed by atoms with van der Waals surface area (Å²) in [5.74, 6) is 0.0596. The molecule has 1 heterocycles. The van der Waals surface area contributed by atoms with Crippen molar-refractivity contribution in [2.75, 3.05) is 18.0 Å². The van der Waals surface area contributed by atoms with Crippen LogP contribution >= 0.6 is 11.3 Å². The Morgan fingerprint density at radius 2 is 1.95 bits per heavy atom. The zero-order valence-electron chi connectivity index (χ0n) is 12.8. The lowest BCUT2D eigenvalue weighted by Gasteiger charge is -2.23. The highest BCUT2D eigenvalue weighted by molar-refractivity contribution is 7.09. The number of nitrogens with zero attached hydrogens (tertiary/aromatic N) is 1. The predicted molar refractivity (Wildman–Crippen MR) is 90.0 cm³/mol. The minimum absolute atomic E-state index is 0.0596. The molecule has 1 aromatic carbocycles. The summed E-state index contributed by atoms with van der Waals surface area (Å²) < 4.78 is 0. The molecule has 1 aromatic heterocycles. The fourth-order valence-corrected chi connectivity index (χ4v) is 2.99. The molecule has 0 unspecified atom stereocenters. The first-order chi connectivity index (χ1) is 10.1. The minimum atomic E-state index is 0.0596. The second kappa shape index (κ2) is 7.27. The Balaban J connectivity index is 1.96. The van der Waals surface area contributed by atoms with Crippen LogP contribution in [-0.2, 0) is 11.3 Å². The number of anilines is 1. The van der Waals surface area contributed by atoms with Crippen LogP contribution in [0.2, 0.25) is 0 Å². The molecule has 0 radical (unpaired) electrons. The summed E-state index contributed by atoms with van der Waals surface area (Å²) in [4.78, 5) is 15.4. The van der Waals surface area contributed by atoms with E-state index in [-0.39, 0.29) is 5.91 Å². The summed E-state index contributed by atoms with van der Waals surface area (Å²) in [6, 6.07) is 10.4. The Morgan fingerprint density at radius 3 is 2.52 bits per heavy atom. The third-order valence-corrected chi connectivity index (χ3v) is 4.20. The first-order valence-electron chi connectivity index (χ1n) is 7.21. The number of amides is 1. The SMILES string of the molecule is CCN(CC(=O)NCc1cccs1)c1cc(C)cc(C)c1. The van der Waals surface area contributed by atoms with Crippen LogP contribution in [0.25, 0.3) is 0 Å². The number of rotatable bonds is 6. The van der Waals surface area contributed by atoms with Gasteiger partial charge in [0.25, 0.3) is 0 Å². The number of likely N-dealkylation sites (N-methyl/N-ethyl adjacent to an activating group) is 1. The Morgan fingerprint density at radius 1 is 1.24 bits per heavy atom. The summed E-state index contributed by atoms with van der Waals surface area (Å²) >= 11 is 1.66. The van der Waals surface area contributed by atoms with Gasteiger partial charge in [-0.3, -0.25) is 4.79 Å². The molecule has 0 saturated carbocycles. The number of thiophene rings is 1. The zero-order chi connectivity index (χ0) is 15.2. The first-order valence-corrected chi connectivity index (χ1v) is 8.08. The molecular weight excluding hydrogens is 280 g/mol. The number of carbonyl (C=O) groups is 1. The number of carbonyl (C=O) groups excluding carboxylic acids is 1. The van der Waals surface area contributed by atoms with Crippen LogP contribution in [0.15, 0.2) is 35.7 Å². The highest BCUT2D eigenvalue weighted by Gasteiger charge is 2.10. The van der Waals surface area contributed by atoms with Gasteiger partial charge in [-0.1, -0.05) is 12.1 Å². The molecule has 2 aromatic rings. The highest BCUT2D eigenvalue weighted by atomic mass is 32.1. The largest absolute Gasteiger partial charge is 0.362 e. The Hall–Kier alpha value is -1.81. The third kappa shape index (κ3) is 4.60. The molecule has 0 spiro atoms. The predicted octanol–water partition coefficient (Wildman–Crippen LogP) is 3.51. The van der Waals surface area contributed by atoms with Gasteiger partial charge in [-0.05, 0) is 55.5 Å². The molecule has 0 bridgehead atoms. The van der Waals surface area contributed by atoms with E-state index in [0.717, 1.165) is 12.2 Å². The number of hydrogen-bond acceptors (Lipinski definition) is 3. The zero-order valence-corrected chi connectivity index (χ0v) is 13.7. The van der Waals surface area contributed by atoms with E-state index < -0.39 is 0 Å². The van der Waals surface area contributed by atoms with Crippen molar-refractivity contribution in [3.8, 4) is 0 Å². The second-order valence-electron chi connectivity index (χ2n) is 5.22. The average molecular weight is 302 g/mol. The van der Waals surface area contributed by atoms with Crippen molar-refractivity contribution in [2.45, 2.75) is 27.3 Å². The summed E-state index contributed by atoms with van der Waals surface area (Å²) in [6.45, 7) is 8.06. The number of hydrogen-bond donors (Lipinski definition) is 1. The number of aryl methyl sites for hydroxylation is 2. The maximum atomic E-state index is 12.1. The lowest BCUT2D eigenvalue weighted by atomic mass is 10.1. The number of benzene rings is 1. The van der Waals surface area contributed by atoms with Gasteiger partial charge in [0.15, 0.2) is 0 Å². The summed E-state index contributed by atoms with van der Waals surface area (Å²) in [5.41, 5.74) is 3.56. The Labute approximate surface area is 130 Å². The maximum Gasteiger partial charge on any atom is 0.239 e.